The molecule has 1 aliphatic heterocycles. The summed E-state index contributed by atoms with van der Waals surface area (Å²) in [5.41, 5.74) is 0.877. The first kappa shape index (κ1) is 21.0. The van der Waals surface area contributed by atoms with Gasteiger partial charge < -0.3 is 19.1 Å². The highest BCUT2D eigenvalue weighted by Crippen LogP contribution is 2.37. The number of amides is 1. The number of carbonyl (C=O) groups excluding carboxylic acids is 2. The Morgan fingerprint density at radius 2 is 1.83 bits per heavy atom. The molecule has 0 saturated heterocycles. The summed E-state index contributed by atoms with van der Waals surface area (Å²) in [7, 11) is 1.56. The molecular weight excluding hydrogens is 390 g/mol. The summed E-state index contributed by atoms with van der Waals surface area (Å²) in [5, 5.41) is 0.420. The van der Waals surface area contributed by atoms with E-state index in [0.717, 1.165) is 17.0 Å². The number of esters is 1. The van der Waals surface area contributed by atoms with Crippen molar-refractivity contribution in [2.45, 2.75) is 29.9 Å². The number of methoxy groups -OCH3 is 1. The van der Waals surface area contributed by atoms with Crippen molar-refractivity contribution in [3.8, 4) is 11.5 Å². The lowest BCUT2D eigenvalue weighted by Crippen LogP contribution is -2.35. The highest BCUT2D eigenvalue weighted by Gasteiger charge is 2.24. The van der Waals surface area contributed by atoms with Crippen molar-refractivity contribution in [2.24, 2.45) is 0 Å². The lowest BCUT2D eigenvalue weighted by atomic mass is 10.2. The third-order valence-electron chi connectivity index (χ3n) is 4.53. The molecule has 0 bridgehead atoms. The Kier molecular flexibility index (Phi) is 7.41. The van der Waals surface area contributed by atoms with Crippen LogP contribution in [0.25, 0.3) is 0 Å². The summed E-state index contributed by atoms with van der Waals surface area (Å²) in [6.45, 7) is 2.63. The van der Waals surface area contributed by atoms with Crippen LogP contribution in [0.1, 0.15) is 19.8 Å². The highest BCUT2D eigenvalue weighted by molar-refractivity contribution is 8.00. The van der Waals surface area contributed by atoms with Crippen molar-refractivity contribution in [2.75, 3.05) is 31.8 Å². The van der Waals surface area contributed by atoms with E-state index in [0.29, 0.717) is 23.3 Å². The van der Waals surface area contributed by atoms with Crippen molar-refractivity contribution < 1.29 is 23.8 Å². The van der Waals surface area contributed by atoms with E-state index in [1.54, 1.807) is 35.9 Å². The van der Waals surface area contributed by atoms with Crippen molar-refractivity contribution in [1.29, 1.82) is 0 Å². The first-order valence-corrected chi connectivity index (χ1v) is 10.4. The summed E-state index contributed by atoms with van der Waals surface area (Å²) in [5.74, 6) is 0.472. The topological polar surface area (TPSA) is 65.1 Å². The zero-order valence-electron chi connectivity index (χ0n) is 16.6. The monoisotopic (exact) mass is 415 g/mol. The first-order valence-electron chi connectivity index (χ1n) is 9.56. The van der Waals surface area contributed by atoms with Gasteiger partial charge in [0.25, 0.3) is 5.91 Å². The molecule has 1 aliphatic rings. The normalized spacial score (nSPS) is 15.8. The number of para-hydroxylation sites is 3. The molecule has 0 radical (unpaired) electrons. The van der Waals surface area contributed by atoms with Crippen LogP contribution in [-0.2, 0) is 14.3 Å². The van der Waals surface area contributed by atoms with E-state index in [1.807, 2.05) is 36.4 Å². The minimum absolute atomic E-state index is 0.0504. The molecule has 7 heteroatoms. The zero-order valence-corrected chi connectivity index (χ0v) is 17.4. The smallest absolute Gasteiger partial charge is 0.309 e. The fourth-order valence-corrected chi connectivity index (χ4v) is 4.13. The van der Waals surface area contributed by atoms with Crippen LogP contribution in [0.15, 0.2) is 53.4 Å². The van der Waals surface area contributed by atoms with E-state index in [1.165, 1.54) is 0 Å². The standard InChI is InChI=1S/C22H25NO5S/c1-16-11-13-23(17-7-3-6-10-20(17)29-16)21(24)15-28-22(25)12-14-27-19-9-5-4-8-18(19)26-2/h3-10,16H,11-15H2,1-2H3. The predicted octanol–water partition coefficient (Wildman–Crippen LogP) is 3.92. The largest absolute Gasteiger partial charge is 0.493 e. The Morgan fingerprint density at radius 3 is 2.62 bits per heavy atom. The second-order valence-corrected chi connectivity index (χ2v) is 8.12. The molecule has 1 atom stereocenters. The van der Waals surface area contributed by atoms with Gasteiger partial charge in [-0.05, 0) is 30.7 Å². The molecule has 0 N–H and O–H groups in total. The number of hydrogen-bond donors (Lipinski definition) is 0. The molecule has 2 aromatic rings. The van der Waals surface area contributed by atoms with Gasteiger partial charge in [-0.3, -0.25) is 9.59 Å². The lowest BCUT2D eigenvalue weighted by Gasteiger charge is -2.22. The van der Waals surface area contributed by atoms with Crippen LogP contribution in [0.2, 0.25) is 0 Å². The quantitative estimate of drug-likeness (QED) is 0.639. The van der Waals surface area contributed by atoms with E-state index in [2.05, 4.69) is 6.92 Å². The van der Waals surface area contributed by atoms with Crippen molar-refractivity contribution >= 4 is 29.3 Å². The molecule has 29 heavy (non-hydrogen) atoms. The SMILES string of the molecule is COc1ccccc1OCCC(=O)OCC(=O)N1CCC(C)Sc2ccccc21. The summed E-state index contributed by atoms with van der Waals surface area (Å²) >= 11 is 1.76. The number of ether oxygens (including phenoxy) is 3. The third kappa shape index (κ3) is 5.67. The number of nitrogens with zero attached hydrogens (tertiary/aromatic N) is 1. The molecule has 1 amide bonds. The number of thioether (sulfide) groups is 1. The molecule has 0 aromatic heterocycles. The number of anilines is 1. The van der Waals surface area contributed by atoms with Crippen molar-refractivity contribution in [3.63, 3.8) is 0 Å². The van der Waals surface area contributed by atoms with Gasteiger partial charge in [-0.2, -0.15) is 0 Å². The van der Waals surface area contributed by atoms with Gasteiger partial charge in [0, 0.05) is 16.7 Å². The fraction of sp³-hybridized carbons (Fsp3) is 0.364. The van der Waals surface area contributed by atoms with Gasteiger partial charge in [-0.1, -0.05) is 31.2 Å². The molecule has 6 nitrogen and oxygen atoms in total. The van der Waals surface area contributed by atoms with Crippen LogP contribution in [0.5, 0.6) is 11.5 Å². The predicted molar refractivity (Wildman–Crippen MR) is 113 cm³/mol. The van der Waals surface area contributed by atoms with Gasteiger partial charge in [0.1, 0.15) is 0 Å². The fourth-order valence-electron chi connectivity index (χ4n) is 3.02. The van der Waals surface area contributed by atoms with E-state index in [9.17, 15) is 9.59 Å². The molecule has 1 unspecified atom stereocenters. The molecular formula is C22H25NO5S. The van der Waals surface area contributed by atoms with E-state index < -0.39 is 5.97 Å². The van der Waals surface area contributed by atoms with E-state index >= 15 is 0 Å². The molecule has 0 aliphatic carbocycles. The number of fused-ring (bicyclic) bond motifs is 1. The Labute approximate surface area is 175 Å². The van der Waals surface area contributed by atoms with Gasteiger partial charge in [-0.15, -0.1) is 11.8 Å². The van der Waals surface area contributed by atoms with Crippen LogP contribution in [0, 0.1) is 0 Å². The van der Waals surface area contributed by atoms with Crippen molar-refractivity contribution in [1.82, 2.24) is 0 Å². The molecule has 1 heterocycles. The molecule has 0 saturated carbocycles. The lowest BCUT2D eigenvalue weighted by molar-refractivity contribution is -0.148. The second kappa shape index (κ2) is 10.2. The summed E-state index contributed by atoms with van der Waals surface area (Å²) < 4.78 is 16.0. The van der Waals surface area contributed by atoms with Gasteiger partial charge in [-0.25, -0.2) is 0 Å². The average Bonchev–Trinajstić information content (AvgIpc) is 2.90. The Hall–Kier alpha value is -2.67. The zero-order chi connectivity index (χ0) is 20.6. The van der Waals surface area contributed by atoms with Crippen LogP contribution in [-0.4, -0.2) is 44.0 Å². The number of benzene rings is 2. The van der Waals surface area contributed by atoms with E-state index in [-0.39, 0.29) is 25.5 Å². The van der Waals surface area contributed by atoms with Gasteiger partial charge in [0.15, 0.2) is 18.1 Å². The number of hydrogen-bond acceptors (Lipinski definition) is 6. The van der Waals surface area contributed by atoms with Gasteiger partial charge >= 0.3 is 5.97 Å². The molecule has 3 rings (SSSR count). The molecule has 2 aromatic carbocycles. The Morgan fingerprint density at radius 1 is 1.10 bits per heavy atom. The number of rotatable bonds is 7. The van der Waals surface area contributed by atoms with Crippen LogP contribution in [0.3, 0.4) is 0 Å². The van der Waals surface area contributed by atoms with Gasteiger partial charge in [0.05, 0.1) is 25.8 Å². The average molecular weight is 416 g/mol. The van der Waals surface area contributed by atoms with Crippen LogP contribution in [0.4, 0.5) is 5.69 Å². The first-order chi connectivity index (χ1) is 14.1. The maximum absolute atomic E-state index is 12.7. The molecule has 0 fully saturated rings. The second-order valence-electron chi connectivity index (χ2n) is 6.64. The Bertz CT molecular complexity index is 857. The maximum atomic E-state index is 12.7. The minimum atomic E-state index is -0.473. The van der Waals surface area contributed by atoms with Crippen molar-refractivity contribution in [3.05, 3.63) is 48.5 Å². The summed E-state index contributed by atoms with van der Waals surface area (Å²) in [6, 6.07) is 15.0. The third-order valence-corrected chi connectivity index (χ3v) is 5.77. The van der Waals surface area contributed by atoms with Gasteiger partial charge in [0.2, 0.25) is 0 Å². The molecule has 154 valence electrons. The number of carbonyl (C=O) groups is 2. The maximum Gasteiger partial charge on any atom is 0.309 e. The van der Waals surface area contributed by atoms with Crippen LogP contribution >= 0.6 is 11.8 Å². The summed E-state index contributed by atoms with van der Waals surface area (Å²) in [4.78, 5) is 27.5. The Balaban J connectivity index is 1.49. The summed E-state index contributed by atoms with van der Waals surface area (Å²) in [6.07, 6.45) is 0.931. The minimum Gasteiger partial charge on any atom is -0.493 e. The van der Waals surface area contributed by atoms with E-state index in [4.69, 9.17) is 14.2 Å². The highest BCUT2D eigenvalue weighted by atomic mass is 32.2. The molecule has 0 spiro atoms. The van der Waals surface area contributed by atoms with Crippen LogP contribution < -0.4 is 14.4 Å².